The first-order chi connectivity index (χ1) is 13.2. The Bertz CT molecular complexity index is 793. The SMILES string of the molecule is C=CC1=C2N=C(C=CN2C)C(=O)CCCCNCCCOc2cccc1c2. The first-order valence-electron chi connectivity index (χ1n) is 9.52. The number of allylic oxidation sites excluding steroid dienone is 3. The van der Waals surface area contributed by atoms with Crippen LogP contribution in [0.5, 0.6) is 5.75 Å². The molecule has 0 fully saturated rings. The Labute approximate surface area is 161 Å². The van der Waals surface area contributed by atoms with Crippen LogP contribution in [0.1, 0.15) is 31.2 Å². The summed E-state index contributed by atoms with van der Waals surface area (Å²) < 4.78 is 5.90. The van der Waals surface area contributed by atoms with Gasteiger partial charge in [0.1, 0.15) is 17.3 Å². The molecule has 0 radical (unpaired) electrons. The van der Waals surface area contributed by atoms with E-state index in [-0.39, 0.29) is 5.78 Å². The Morgan fingerprint density at radius 3 is 2.96 bits per heavy atom. The fraction of sp³-hybridized carbons (Fsp3) is 0.364. The minimum absolute atomic E-state index is 0.0849. The number of Topliss-reactive ketones (excluding diaryl/α,β-unsaturated/α-hetero) is 1. The van der Waals surface area contributed by atoms with Gasteiger partial charge in [-0.2, -0.15) is 0 Å². The van der Waals surface area contributed by atoms with Crippen molar-refractivity contribution in [2.45, 2.75) is 25.7 Å². The molecule has 0 aromatic heterocycles. The molecule has 0 amide bonds. The van der Waals surface area contributed by atoms with Crippen LogP contribution in [0.2, 0.25) is 0 Å². The van der Waals surface area contributed by atoms with Gasteiger partial charge in [0.2, 0.25) is 0 Å². The second-order valence-corrected chi connectivity index (χ2v) is 6.73. The quantitative estimate of drug-likeness (QED) is 0.827. The molecule has 142 valence electrons. The van der Waals surface area contributed by atoms with Crippen molar-refractivity contribution in [3.63, 3.8) is 0 Å². The third-order valence-electron chi connectivity index (χ3n) is 4.67. The van der Waals surface area contributed by atoms with E-state index in [0.29, 0.717) is 18.7 Å². The van der Waals surface area contributed by atoms with Crippen LogP contribution in [-0.4, -0.2) is 43.1 Å². The topological polar surface area (TPSA) is 53.9 Å². The van der Waals surface area contributed by atoms with Gasteiger partial charge in [0.25, 0.3) is 0 Å². The Hall–Kier alpha value is -2.66. The number of benzene rings is 1. The molecule has 0 saturated carbocycles. The predicted molar refractivity (Wildman–Crippen MR) is 110 cm³/mol. The van der Waals surface area contributed by atoms with E-state index in [1.807, 2.05) is 42.4 Å². The maximum atomic E-state index is 12.6. The van der Waals surface area contributed by atoms with Crippen molar-refractivity contribution < 1.29 is 9.53 Å². The molecule has 5 nitrogen and oxygen atoms in total. The number of hydrogen-bond acceptors (Lipinski definition) is 5. The van der Waals surface area contributed by atoms with Gasteiger partial charge in [-0.25, -0.2) is 4.99 Å². The molecule has 1 N–H and O–H groups in total. The Morgan fingerprint density at radius 2 is 2.11 bits per heavy atom. The van der Waals surface area contributed by atoms with E-state index in [4.69, 9.17) is 4.74 Å². The summed E-state index contributed by atoms with van der Waals surface area (Å²) >= 11 is 0. The van der Waals surface area contributed by atoms with Crippen LogP contribution in [0, 0.1) is 0 Å². The van der Waals surface area contributed by atoms with E-state index >= 15 is 0 Å². The molecule has 1 aromatic carbocycles. The minimum atomic E-state index is 0.0849. The zero-order chi connectivity index (χ0) is 19.1. The molecule has 0 atom stereocenters. The van der Waals surface area contributed by atoms with Crippen LogP contribution in [0.3, 0.4) is 0 Å². The van der Waals surface area contributed by atoms with Crippen molar-refractivity contribution in [2.24, 2.45) is 4.99 Å². The van der Waals surface area contributed by atoms with Gasteiger partial charge in [-0.3, -0.25) is 4.79 Å². The Balaban J connectivity index is 1.99. The molecule has 1 aromatic rings. The highest BCUT2D eigenvalue weighted by molar-refractivity contribution is 6.44. The fourth-order valence-corrected chi connectivity index (χ4v) is 3.16. The lowest BCUT2D eigenvalue weighted by Gasteiger charge is -2.22. The lowest BCUT2D eigenvalue weighted by atomic mass is 10.0. The summed E-state index contributed by atoms with van der Waals surface area (Å²) in [5.74, 6) is 1.63. The summed E-state index contributed by atoms with van der Waals surface area (Å²) in [4.78, 5) is 19.1. The summed E-state index contributed by atoms with van der Waals surface area (Å²) in [6.07, 6.45) is 8.76. The van der Waals surface area contributed by atoms with Gasteiger partial charge in [0, 0.05) is 25.2 Å². The number of ether oxygens (including phenoxy) is 1. The fourth-order valence-electron chi connectivity index (χ4n) is 3.16. The lowest BCUT2D eigenvalue weighted by Crippen LogP contribution is -2.22. The second kappa shape index (κ2) is 9.33. The molecule has 2 aliphatic heterocycles. The molecular weight excluding hydrogens is 338 g/mol. The summed E-state index contributed by atoms with van der Waals surface area (Å²) in [7, 11) is 1.93. The molecule has 3 rings (SSSR count). The number of fused-ring (bicyclic) bond motifs is 3. The zero-order valence-corrected chi connectivity index (χ0v) is 15.9. The van der Waals surface area contributed by atoms with E-state index in [1.165, 1.54) is 0 Å². The number of aliphatic imine (C=N–C) groups is 1. The lowest BCUT2D eigenvalue weighted by molar-refractivity contribution is -0.113. The maximum absolute atomic E-state index is 12.6. The number of ketones is 1. The average molecular weight is 365 g/mol. The summed E-state index contributed by atoms with van der Waals surface area (Å²) in [5.41, 5.74) is 2.35. The molecular formula is C22H27N3O2. The van der Waals surface area contributed by atoms with Gasteiger partial charge in [0.15, 0.2) is 5.78 Å². The first kappa shape index (κ1) is 19.1. The molecule has 0 spiro atoms. The predicted octanol–water partition coefficient (Wildman–Crippen LogP) is 3.55. The van der Waals surface area contributed by atoms with Gasteiger partial charge < -0.3 is 15.0 Å². The Kier molecular flexibility index (Phi) is 6.60. The highest BCUT2D eigenvalue weighted by Crippen LogP contribution is 2.28. The molecule has 27 heavy (non-hydrogen) atoms. The standard InChI is InChI=1S/C22H27N3O2/c1-3-19-17-8-6-9-18(16-17)27-15-7-13-23-12-5-4-10-21(26)20-11-14-25(2)22(19)24-20/h3,6,8-9,11,14,16,23H,1,4-5,7,10,12-13,15H2,2H3. The largest absolute Gasteiger partial charge is 0.494 e. The number of hydrogen-bond donors (Lipinski definition) is 1. The van der Waals surface area contributed by atoms with Crippen LogP contribution in [0.25, 0.3) is 5.57 Å². The smallest absolute Gasteiger partial charge is 0.181 e. The normalized spacial score (nSPS) is 19.2. The van der Waals surface area contributed by atoms with Crippen LogP contribution < -0.4 is 10.1 Å². The van der Waals surface area contributed by atoms with Crippen molar-refractivity contribution in [3.05, 3.63) is 60.6 Å². The third kappa shape index (κ3) is 4.95. The van der Waals surface area contributed by atoms with E-state index in [9.17, 15) is 4.79 Å². The van der Waals surface area contributed by atoms with Crippen LogP contribution in [0.15, 0.2) is 60.0 Å². The van der Waals surface area contributed by atoms with Crippen LogP contribution in [-0.2, 0) is 4.79 Å². The van der Waals surface area contributed by atoms with Crippen molar-refractivity contribution in [1.82, 2.24) is 10.2 Å². The maximum Gasteiger partial charge on any atom is 0.181 e. The molecule has 2 aliphatic rings. The first-order valence-corrected chi connectivity index (χ1v) is 9.52. The summed E-state index contributed by atoms with van der Waals surface area (Å²) in [6, 6.07) is 7.93. The van der Waals surface area contributed by atoms with Crippen LogP contribution in [0.4, 0.5) is 0 Å². The zero-order valence-electron chi connectivity index (χ0n) is 15.9. The average Bonchev–Trinajstić information content (AvgIpc) is 2.68. The van der Waals surface area contributed by atoms with Crippen molar-refractivity contribution in [3.8, 4) is 5.75 Å². The molecule has 2 heterocycles. The highest BCUT2D eigenvalue weighted by atomic mass is 16.5. The summed E-state index contributed by atoms with van der Waals surface area (Å²) in [5, 5.41) is 3.40. The van der Waals surface area contributed by atoms with Gasteiger partial charge in [0.05, 0.1) is 6.61 Å². The van der Waals surface area contributed by atoms with Crippen molar-refractivity contribution >= 4 is 17.1 Å². The Morgan fingerprint density at radius 1 is 1.26 bits per heavy atom. The van der Waals surface area contributed by atoms with Crippen molar-refractivity contribution in [1.29, 1.82) is 0 Å². The summed E-state index contributed by atoms with van der Waals surface area (Å²) in [6.45, 7) is 6.46. The van der Waals surface area contributed by atoms with Crippen molar-refractivity contribution in [2.75, 3.05) is 26.7 Å². The minimum Gasteiger partial charge on any atom is -0.494 e. The number of nitrogens with one attached hydrogen (secondary N) is 1. The monoisotopic (exact) mass is 365 g/mol. The van der Waals surface area contributed by atoms with E-state index in [2.05, 4.69) is 16.9 Å². The molecule has 0 aliphatic carbocycles. The number of carbonyl (C=O) groups is 1. The van der Waals surface area contributed by atoms with Gasteiger partial charge in [-0.05, 0) is 56.1 Å². The van der Waals surface area contributed by atoms with Gasteiger partial charge >= 0.3 is 0 Å². The van der Waals surface area contributed by atoms with E-state index < -0.39 is 0 Å². The van der Waals surface area contributed by atoms with E-state index in [0.717, 1.165) is 55.1 Å². The number of rotatable bonds is 1. The van der Waals surface area contributed by atoms with Crippen LogP contribution >= 0.6 is 0 Å². The molecule has 5 heteroatoms. The number of nitrogens with zero attached hydrogens (tertiary/aromatic N) is 2. The van der Waals surface area contributed by atoms with E-state index in [1.54, 1.807) is 12.2 Å². The highest BCUT2D eigenvalue weighted by Gasteiger charge is 2.18. The molecule has 0 saturated heterocycles. The number of carbonyl (C=O) groups excluding carboxylic acids is 1. The van der Waals surface area contributed by atoms with Gasteiger partial charge in [-0.15, -0.1) is 0 Å². The molecule has 0 unspecified atom stereocenters. The third-order valence-corrected chi connectivity index (χ3v) is 4.67. The van der Waals surface area contributed by atoms with Gasteiger partial charge in [-0.1, -0.05) is 24.8 Å². The second-order valence-electron chi connectivity index (χ2n) is 6.73. The molecule has 4 bridgehead atoms.